The molecule has 1 saturated carbocycles. The molecule has 0 unspecified atom stereocenters. The highest BCUT2D eigenvalue weighted by Crippen LogP contribution is 2.23. The summed E-state index contributed by atoms with van der Waals surface area (Å²) in [6.07, 6.45) is 6.96. The first-order chi connectivity index (χ1) is 6.64. The van der Waals surface area contributed by atoms with Crippen LogP contribution in [0.4, 0.5) is 0 Å². The normalized spacial score (nSPS) is 19.2. The zero-order valence-corrected chi connectivity index (χ0v) is 9.47. The van der Waals surface area contributed by atoms with E-state index in [4.69, 9.17) is 5.26 Å². The molecule has 80 valence electrons. The molecule has 0 heterocycles. The first kappa shape index (κ1) is 11.5. The van der Waals surface area contributed by atoms with E-state index in [1.54, 1.807) is 0 Å². The summed E-state index contributed by atoms with van der Waals surface area (Å²) >= 11 is 0. The highest BCUT2D eigenvalue weighted by atomic mass is 14.9. The van der Waals surface area contributed by atoms with Crippen LogP contribution in [0.5, 0.6) is 0 Å². The zero-order valence-electron chi connectivity index (χ0n) is 9.47. The van der Waals surface area contributed by atoms with Gasteiger partial charge < -0.3 is 5.32 Å². The molecule has 1 fully saturated rings. The van der Waals surface area contributed by atoms with Gasteiger partial charge in [0.15, 0.2) is 0 Å². The SMILES string of the molecule is CC(C)(C#N)CNCC1CCCCC1. The van der Waals surface area contributed by atoms with Crippen molar-refractivity contribution in [3.63, 3.8) is 0 Å². The molecule has 1 aliphatic rings. The van der Waals surface area contributed by atoms with Gasteiger partial charge in [0.1, 0.15) is 0 Å². The van der Waals surface area contributed by atoms with Crippen molar-refractivity contribution >= 4 is 0 Å². The lowest BCUT2D eigenvalue weighted by Crippen LogP contribution is -2.32. The van der Waals surface area contributed by atoms with Crippen molar-refractivity contribution in [3.8, 4) is 6.07 Å². The molecular weight excluding hydrogens is 172 g/mol. The Labute approximate surface area is 87.7 Å². The highest BCUT2D eigenvalue weighted by molar-refractivity contribution is 4.93. The number of hydrogen-bond donors (Lipinski definition) is 1. The van der Waals surface area contributed by atoms with Gasteiger partial charge in [-0.2, -0.15) is 5.26 Å². The van der Waals surface area contributed by atoms with E-state index < -0.39 is 0 Å². The second-order valence-electron chi connectivity index (χ2n) is 5.13. The predicted molar refractivity (Wildman–Crippen MR) is 58.8 cm³/mol. The van der Waals surface area contributed by atoms with Crippen molar-refractivity contribution in [2.75, 3.05) is 13.1 Å². The third kappa shape index (κ3) is 4.11. The van der Waals surface area contributed by atoms with Crippen LogP contribution in [0.15, 0.2) is 0 Å². The third-order valence-electron chi connectivity index (χ3n) is 3.03. The Kier molecular flexibility index (Phi) is 4.41. The van der Waals surface area contributed by atoms with Gasteiger partial charge in [0.2, 0.25) is 0 Å². The van der Waals surface area contributed by atoms with Crippen LogP contribution in [0.3, 0.4) is 0 Å². The fourth-order valence-corrected chi connectivity index (χ4v) is 2.02. The summed E-state index contributed by atoms with van der Waals surface area (Å²) in [7, 11) is 0. The van der Waals surface area contributed by atoms with E-state index >= 15 is 0 Å². The minimum Gasteiger partial charge on any atom is -0.315 e. The first-order valence-corrected chi connectivity index (χ1v) is 5.76. The van der Waals surface area contributed by atoms with Gasteiger partial charge in [0.05, 0.1) is 11.5 Å². The minimum absolute atomic E-state index is 0.214. The van der Waals surface area contributed by atoms with Crippen LogP contribution in [-0.2, 0) is 0 Å². The highest BCUT2D eigenvalue weighted by Gasteiger charge is 2.18. The molecule has 0 radical (unpaired) electrons. The zero-order chi connectivity index (χ0) is 10.4. The average molecular weight is 194 g/mol. The van der Waals surface area contributed by atoms with Crippen molar-refractivity contribution < 1.29 is 0 Å². The molecule has 1 aliphatic carbocycles. The monoisotopic (exact) mass is 194 g/mol. The molecule has 0 aromatic rings. The summed E-state index contributed by atoms with van der Waals surface area (Å²) in [5, 5.41) is 12.3. The van der Waals surface area contributed by atoms with Crippen molar-refractivity contribution in [2.45, 2.75) is 46.0 Å². The average Bonchev–Trinajstić information content (AvgIpc) is 2.19. The number of hydrogen-bond acceptors (Lipinski definition) is 2. The largest absolute Gasteiger partial charge is 0.315 e. The van der Waals surface area contributed by atoms with Gasteiger partial charge in [0, 0.05) is 6.54 Å². The lowest BCUT2D eigenvalue weighted by Gasteiger charge is -2.23. The number of nitrogens with one attached hydrogen (secondary N) is 1. The molecule has 0 aromatic heterocycles. The van der Waals surface area contributed by atoms with Crippen LogP contribution in [-0.4, -0.2) is 13.1 Å². The molecule has 1 N–H and O–H groups in total. The van der Waals surface area contributed by atoms with Crippen molar-refractivity contribution in [1.29, 1.82) is 5.26 Å². The Hall–Kier alpha value is -0.550. The summed E-state index contributed by atoms with van der Waals surface area (Å²) < 4.78 is 0. The van der Waals surface area contributed by atoms with E-state index in [1.807, 2.05) is 13.8 Å². The van der Waals surface area contributed by atoms with E-state index in [-0.39, 0.29) is 5.41 Å². The Balaban J connectivity index is 2.12. The van der Waals surface area contributed by atoms with E-state index in [0.29, 0.717) is 0 Å². The fourth-order valence-electron chi connectivity index (χ4n) is 2.02. The number of rotatable bonds is 4. The van der Waals surface area contributed by atoms with Gasteiger partial charge in [-0.15, -0.1) is 0 Å². The molecule has 0 aromatic carbocycles. The molecule has 0 saturated heterocycles. The van der Waals surface area contributed by atoms with E-state index in [2.05, 4.69) is 11.4 Å². The van der Waals surface area contributed by atoms with Crippen LogP contribution >= 0.6 is 0 Å². The molecule has 2 heteroatoms. The summed E-state index contributed by atoms with van der Waals surface area (Å²) in [5.74, 6) is 0.859. The summed E-state index contributed by atoms with van der Waals surface area (Å²) in [6, 6.07) is 2.32. The smallest absolute Gasteiger partial charge is 0.0697 e. The topological polar surface area (TPSA) is 35.8 Å². The van der Waals surface area contributed by atoms with E-state index in [9.17, 15) is 0 Å². The molecule has 0 spiro atoms. The summed E-state index contributed by atoms with van der Waals surface area (Å²) in [6.45, 7) is 5.90. The van der Waals surface area contributed by atoms with Crippen molar-refractivity contribution in [1.82, 2.24) is 5.32 Å². The lowest BCUT2D eigenvalue weighted by atomic mass is 9.89. The van der Waals surface area contributed by atoms with Gasteiger partial charge in [-0.25, -0.2) is 0 Å². The third-order valence-corrected chi connectivity index (χ3v) is 3.03. The molecule has 1 rings (SSSR count). The van der Waals surface area contributed by atoms with Gasteiger partial charge >= 0.3 is 0 Å². The summed E-state index contributed by atoms with van der Waals surface area (Å²) in [5.41, 5.74) is -0.214. The van der Waals surface area contributed by atoms with Crippen LogP contribution in [0, 0.1) is 22.7 Å². The Bertz CT molecular complexity index is 197. The molecular formula is C12H22N2. The molecule has 0 aliphatic heterocycles. The molecule has 2 nitrogen and oxygen atoms in total. The maximum absolute atomic E-state index is 8.84. The maximum atomic E-state index is 8.84. The molecule has 14 heavy (non-hydrogen) atoms. The van der Waals surface area contributed by atoms with E-state index in [1.165, 1.54) is 32.1 Å². The maximum Gasteiger partial charge on any atom is 0.0697 e. The first-order valence-electron chi connectivity index (χ1n) is 5.76. The molecule has 0 bridgehead atoms. The van der Waals surface area contributed by atoms with Gasteiger partial charge in [-0.05, 0) is 39.2 Å². The van der Waals surface area contributed by atoms with Crippen LogP contribution < -0.4 is 5.32 Å². The second kappa shape index (κ2) is 5.36. The Morgan fingerprint density at radius 3 is 2.50 bits per heavy atom. The lowest BCUT2D eigenvalue weighted by molar-refractivity contribution is 0.326. The van der Waals surface area contributed by atoms with Crippen molar-refractivity contribution in [2.24, 2.45) is 11.3 Å². The molecule has 0 atom stereocenters. The van der Waals surface area contributed by atoms with E-state index in [0.717, 1.165) is 19.0 Å². The predicted octanol–water partition coefficient (Wildman–Crippen LogP) is 2.71. The molecule has 0 amide bonds. The van der Waals surface area contributed by atoms with Crippen molar-refractivity contribution in [3.05, 3.63) is 0 Å². The van der Waals surface area contributed by atoms with Crippen LogP contribution in [0.2, 0.25) is 0 Å². The Morgan fingerprint density at radius 1 is 1.29 bits per heavy atom. The fraction of sp³-hybridized carbons (Fsp3) is 0.917. The Morgan fingerprint density at radius 2 is 1.93 bits per heavy atom. The van der Waals surface area contributed by atoms with Gasteiger partial charge in [0.25, 0.3) is 0 Å². The summed E-state index contributed by atoms with van der Waals surface area (Å²) in [4.78, 5) is 0. The quantitative estimate of drug-likeness (QED) is 0.747. The second-order valence-corrected chi connectivity index (χ2v) is 5.13. The minimum atomic E-state index is -0.214. The van der Waals surface area contributed by atoms with Crippen LogP contribution in [0.25, 0.3) is 0 Å². The van der Waals surface area contributed by atoms with Gasteiger partial charge in [-0.3, -0.25) is 0 Å². The number of nitrogens with zero attached hydrogens (tertiary/aromatic N) is 1. The standard InChI is InChI=1S/C12H22N2/c1-12(2,9-13)10-14-8-11-6-4-3-5-7-11/h11,14H,3-8,10H2,1-2H3. The number of nitriles is 1. The van der Waals surface area contributed by atoms with Gasteiger partial charge in [-0.1, -0.05) is 19.3 Å². The van der Waals surface area contributed by atoms with Crippen LogP contribution in [0.1, 0.15) is 46.0 Å².